The summed E-state index contributed by atoms with van der Waals surface area (Å²) < 4.78 is 5.22. The van der Waals surface area contributed by atoms with E-state index in [9.17, 15) is 5.11 Å². The molecule has 0 saturated carbocycles. The van der Waals surface area contributed by atoms with Gasteiger partial charge in [0.2, 0.25) is 0 Å². The Morgan fingerprint density at radius 3 is 2.44 bits per heavy atom. The first-order chi connectivity index (χ1) is 7.68. The summed E-state index contributed by atoms with van der Waals surface area (Å²) in [6, 6.07) is 4.65. The van der Waals surface area contributed by atoms with Gasteiger partial charge in [-0.15, -0.1) is 0 Å². The number of ether oxygens (including phenoxy) is 1. The Kier molecular flexibility index (Phi) is 3.33. The van der Waals surface area contributed by atoms with Crippen LogP contribution < -0.4 is 10.4 Å². The van der Waals surface area contributed by atoms with E-state index in [1.807, 2.05) is 4.90 Å². The first-order valence-corrected chi connectivity index (χ1v) is 5.20. The van der Waals surface area contributed by atoms with E-state index in [0.29, 0.717) is 18.9 Å². The van der Waals surface area contributed by atoms with Crippen LogP contribution in [0, 0.1) is 0 Å². The van der Waals surface area contributed by atoms with Crippen LogP contribution in [0.3, 0.4) is 0 Å². The maximum absolute atomic E-state index is 9.79. The van der Waals surface area contributed by atoms with Crippen LogP contribution in [-0.4, -0.2) is 48.6 Å². The number of aromatic hydroxyl groups is 1. The largest absolute Gasteiger partial charge is 0.506 e. The zero-order valence-electron chi connectivity index (χ0n) is 8.83. The molecule has 6 heteroatoms. The Labute approximate surface area is 94.0 Å². The quantitative estimate of drug-likeness (QED) is 0.555. The van der Waals surface area contributed by atoms with Gasteiger partial charge in [-0.3, -0.25) is 0 Å². The Hall–Kier alpha value is -1.24. The standard InChI is InChI=1S/C10H14BNO4/c13-10-7-8(11(14)15)1-2-9(10)12-3-5-16-6-4-12/h1-2,7,13-15H,3-6H2. The van der Waals surface area contributed by atoms with Crippen LogP contribution in [0.4, 0.5) is 5.69 Å². The highest BCUT2D eigenvalue weighted by atomic mass is 16.5. The van der Waals surface area contributed by atoms with Crippen LogP contribution in [0.1, 0.15) is 0 Å². The normalized spacial score (nSPS) is 16.2. The summed E-state index contributed by atoms with van der Waals surface area (Å²) in [6.07, 6.45) is 0. The molecule has 1 heterocycles. The SMILES string of the molecule is OB(O)c1ccc(N2CCOCC2)c(O)c1. The molecule has 1 saturated heterocycles. The lowest BCUT2D eigenvalue weighted by Gasteiger charge is -2.29. The molecule has 0 spiro atoms. The van der Waals surface area contributed by atoms with Gasteiger partial charge >= 0.3 is 7.12 Å². The van der Waals surface area contributed by atoms with Gasteiger partial charge in [0, 0.05) is 13.1 Å². The Morgan fingerprint density at radius 2 is 1.88 bits per heavy atom. The van der Waals surface area contributed by atoms with Crippen molar-refractivity contribution in [2.45, 2.75) is 0 Å². The number of phenolic OH excluding ortho intramolecular Hbond substituents is 1. The molecule has 0 aromatic heterocycles. The first kappa shape index (κ1) is 11.3. The van der Waals surface area contributed by atoms with Crippen LogP contribution >= 0.6 is 0 Å². The van der Waals surface area contributed by atoms with Crippen molar-refractivity contribution in [3.8, 4) is 5.75 Å². The summed E-state index contributed by atoms with van der Waals surface area (Å²) in [7, 11) is -1.55. The first-order valence-electron chi connectivity index (χ1n) is 5.20. The minimum atomic E-state index is -1.55. The molecule has 16 heavy (non-hydrogen) atoms. The second-order valence-electron chi connectivity index (χ2n) is 3.72. The minimum absolute atomic E-state index is 0.0625. The molecule has 1 aliphatic rings. The fourth-order valence-electron chi connectivity index (χ4n) is 1.77. The molecular formula is C10H14BNO4. The number of phenols is 1. The van der Waals surface area contributed by atoms with Crippen molar-refractivity contribution in [1.29, 1.82) is 0 Å². The van der Waals surface area contributed by atoms with Crippen molar-refractivity contribution in [3.63, 3.8) is 0 Å². The second kappa shape index (κ2) is 4.73. The van der Waals surface area contributed by atoms with E-state index in [4.69, 9.17) is 14.8 Å². The van der Waals surface area contributed by atoms with E-state index in [0.717, 1.165) is 13.1 Å². The van der Waals surface area contributed by atoms with Crippen molar-refractivity contribution in [1.82, 2.24) is 0 Å². The molecule has 86 valence electrons. The zero-order valence-corrected chi connectivity index (χ0v) is 8.83. The van der Waals surface area contributed by atoms with Gasteiger partial charge < -0.3 is 24.8 Å². The number of nitrogens with zero attached hydrogens (tertiary/aromatic N) is 1. The second-order valence-corrected chi connectivity index (χ2v) is 3.72. The molecule has 5 nitrogen and oxygen atoms in total. The highest BCUT2D eigenvalue weighted by Crippen LogP contribution is 2.26. The summed E-state index contributed by atoms with van der Waals surface area (Å²) in [6.45, 7) is 2.75. The molecule has 1 aliphatic heterocycles. The van der Waals surface area contributed by atoms with E-state index in [2.05, 4.69) is 0 Å². The molecule has 3 N–H and O–H groups in total. The van der Waals surface area contributed by atoms with Gasteiger partial charge in [-0.2, -0.15) is 0 Å². The topological polar surface area (TPSA) is 73.2 Å². The van der Waals surface area contributed by atoms with E-state index in [-0.39, 0.29) is 11.2 Å². The number of anilines is 1. The van der Waals surface area contributed by atoms with Gasteiger partial charge in [-0.05, 0) is 17.6 Å². The van der Waals surface area contributed by atoms with Crippen LogP contribution in [0.2, 0.25) is 0 Å². The van der Waals surface area contributed by atoms with Gasteiger partial charge in [-0.1, -0.05) is 6.07 Å². The number of hydrogen-bond donors (Lipinski definition) is 3. The lowest BCUT2D eigenvalue weighted by molar-refractivity contribution is 0.122. The maximum atomic E-state index is 9.79. The maximum Gasteiger partial charge on any atom is 0.488 e. The van der Waals surface area contributed by atoms with E-state index in [1.165, 1.54) is 6.07 Å². The Morgan fingerprint density at radius 1 is 1.19 bits per heavy atom. The molecule has 0 amide bonds. The molecule has 0 aliphatic carbocycles. The average Bonchev–Trinajstić information content (AvgIpc) is 2.30. The highest BCUT2D eigenvalue weighted by Gasteiger charge is 2.17. The third kappa shape index (κ3) is 2.29. The van der Waals surface area contributed by atoms with Crippen molar-refractivity contribution in [2.75, 3.05) is 31.2 Å². The number of hydrogen-bond acceptors (Lipinski definition) is 5. The lowest BCUT2D eigenvalue weighted by atomic mass is 9.80. The Balaban J connectivity index is 2.21. The van der Waals surface area contributed by atoms with Gasteiger partial charge in [-0.25, -0.2) is 0 Å². The highest BCUT2D eigenvalue weighted by molar-refractivity contribution is 6.58. The molecular weight excluding hydrogens is 209 g/mol. The number of rotatable bonds is 2. The van der Waals surface area contributed by atoms with E-state index < -0.39 is 7.12 Å². The predicted molar refractivity (Wildman–Crippen MR) is 61.0 cm³/mol. The van der Waals surface area contributed by atoms with Crippen LogP contribution in [-0.2, 0) is 4.74 Å². The summed E-state index contributed by atoms with van der Waals surface area (Å²) in [5.74, 6) is 0.0625. The Bertz CT molecular complexity index is 366. The van der Waals surface area contributed by atoms with Gasteiger partial charge in [0.1, 0.15) is 5.75 Å². The van der Waals surface area contributed by atoms with Gasteiger partial charge in [0.05, 0.1) is 18.9 Å². The fraction of sp³-hybridized carbons (Fsp3) is 0.400. The average molecular weight is 223 g/mol. The third-order valence-electron chi connectivity index (χ3n) is 2.65. The van der Waals surface area contributed by atoms with Gasteiger partial charge in [0.25, 0.3) is 0 Å². The third-order valence-corrected chi connectivity index (χ3v) is 2.65. The predicted octanol–water partition coefficient (Wildman–Crippen LogP) is -1.09. The van der Waals surface area contributed by atoms with Crippen molar-refractivity contribution in [2.24, 2.45) is 0 Å². The minimum Gasteiger partial charge on any atom is -0.506 e. The fourth-order valence-corrected chi connectivity index (χ4v) is 1.77. The van der Waals surface area contributed by atoms with Crippen LogP contribution in [0.5, 0.6) is 5.75 Å². The molecule has 0 radical (unpaired) electrons. The smallest absolute Gasteiger partial charge is 0.488 e. The van der Waals surface area contributed by atoms with Gasteiger partial charge in [0.15, 0.2) is 0 Å². The number of morpholine rings is 1. The van der Waals surface area contributed by atoms with Crippen molar-refractivity contribution >= 4 is 18.3 Å². The van der Waals surface area contributed by atoms with Crippen molar-refractivity contribution < 1.29 is 19.9 Å². The molecule has 1 aromatic carbocycles. The van der Waals surface area contributed by atoms with Crippen molar-refractivity contribution in [3.05, 3.63) is 18.2 Å². The summed E-state index contributed by atoms with van der Waals surface area (Å²) in [5, 5.41) is 27.7. The summed E-state index contributed by atoms with van der Waals surface area (Å²) >= 11 is 0. The molecule has 0 atom stereocenters. The molecule has 1 fully saturated rings. The molecule has 0 unspecified atom stereocenters. The summed E-state index contributed by atoms with van der Waals surface area (Å²) in [5.41, 5.74) is 0.988. The summed E-state index contributed by atoms with van der Waals surface area (Å²) in [4.78, 5) is 2.01. The lowest BCUT2D eigenvalue weighted by Crippen LogP contribution is -2.37. The molecule has 2 rings (SSSR count). The monoisotopic (exact) mass is 223 g/mol. The molecule has 0 bridgehead atoms. The number of benzene rings is 1. The van der Waals surface area contributed by atoms with Crippen LogP contribution in [0.25, 0.3) is 0 Å². The van der Waals surface area contributed by atoms with E-state index >= 15 is 0 Å². The van der Waals surface area contributed by atoms with E-state index in [1.54, 1.807) is 12.1 Å². The molecule has 1 aromatic rings. The van der Waals surface area contributed by atoms with Crippen LogP contribution in [0.15, 0.2) is 18.2 Å². The zero-order chi connectivity index (χ0) is 11.5.